The van der Waals surface area contributed by atoms with E-state index in [1.165, 1.54) is 55.4 Å². The second-order valence-electron chi connectivity index (χ2n) is 11.8. The lowest BCUT2D eigenvalue weighted by molar-refractivity contribution is -0.664. The van der Waals surface area contributed by atoms with Crippen molar-refractivity contribution < 1.29 is 9.13 Å². The predicted octanol–water partition coefficient (Wildman–Crippen LogP) is 6.39. The zero-order valence-electron chi connectivity index (χ0n) is 25.9. The third-order valence-corrected chi connectivity index (χ3v) is 9.27. The summed E-state index contributed by atoms with van der Waals surface area (Å²) in [7, 11) is 0. The molecule has 7 aromatic rings. The number of rotatable bonds is 8. The van der Waals surface area contributed by atoms with E-state index in [2.05, 4.69) is 141 Å². The van der Waals surface area contributed by atoms with Crippen LogP contribution in [-0.4, -0.2) is 19.1 Å². The third kappa shape index (κ3) is 5.06. The van der Waals surface area contributed by atoms with Crippen LogP contribution >= 0.6 is 0 Å². The summed E-state index contributed by atoms with van der Waals surface area (Å²) in [4.78, 5) is 9.15. The molecule has 4 aromatic heterocycles. The number of para-hydroxylation sites is 4. The Labute approximate surface area is 258 Å². The third-order valence-electron chi connectivity index (χ3n) is 9.27. The number of benzene rings is 3. The molecule has 3 aromatic carbocycles. The highest BCUT2D eigenvalue weighted by Gasteiger charge is 2.23. The molecule has 0 aliphatic carbocycles. The van der Waals surface area contributed by atoms with Crippen molar-refractivity contribution in [1.82, 2.24) is 19.1 Å². The zero-order valence-corrected chi connectivity index (χ0v) is 25.9. The number of nitrogens with zero attached hydrogens (tertiary/aromatic N) is 6. The van der Waals surface area contributed by atoms with Crippen molar-refractivity contribution in [2.75, 3.05) is 0 Å². The minimum atomic E-state index is 0.745. The lowest BCUT2D eigenvalue weighted by Crippen LogP contribution is -2.35. The van der Waals surface area contributed by atoms with Gasteiger partial charge in [0.15, 0.2) is 22.1 Å². The summed E-state index contributed by atoms with van der Waals surface area (Å²) in [5.74, 6) is 0. The number of aromatic nitrogens is 6. The Kier molecular flexibility index (Phi) is 7.26. The van der Waals surface area contributed by atoms with E-state index in [1.807, 2.05) is 24.5 Å². The highest BCUT2D eigenvalue weighted by atomic mass is 15.1. The van der Waals surface area contributed by atoms with Gasteiger partial charge in [-0.3, -0.25) is 9.97 Å². The van der Waals surface area contributed by atoms with Gasteiger partial charge in [0, 0.05) is 12.4 Å². The zero-order chi connectivity index (χ0) is 30.2. The van der Waals surface area contributed by atoms with Gasteiger partial charge in [-0.25, -0.2) is 18.3 Å². The Morgan fingerprint density at radius 2 is 0.886 bits per heavy atom. The standard InChI is InChI=1S/C38H38N6/c1-27-28(2)34(24-44-26-42(22-32-14-10-12-20-40-32)36-16-6-8-18-38(36)44)30(4)29(3)33(27)23-43-25-41(21-31-13-9-11-19-39-31)35-15-5-7-17-37(35)43/h5-20,25-26H,21-24H2,1-4H3/q+2. The number of imidazole rings is 2. The topological polar surface area (TPSA) is 43.4 Å². The molecule has 4 heterocycles. The van der Waals surface area contributed by atoms with Crippen molar-refractivity contribution in [2.24, 2.45) is 0 Å². The fraction of sp³-hybridized carbons (Fsp3) is 0.211. The van der Waals surface area contributed by atoms with Crippen LogP contribution in [-0.2, 0) is 26.2 Å². The molecule has 0 N–H and O–H groups in total. The monoisotopic (exact) mass is 578 g/mol. The fourth-order valence-electron chi connectivity index (χ4n) is 6.60. The fourth-order valence-corrected chi connectivity index (χ4v) is 6.60. The minimum absolute atomic E-state index is 0.745. The summed E-state index contributed by atoms with van der Waals surface area (Å²) >= 11 is 0. The maximum Gasteiger partial charge on any atom is 0.245 e. The van der Waals surface area contributed by atoms with E-state index in [9.17, 15) is 0 Å². The normalized spacial score (nSPS) is 11.5. The maximum absolute atomic E-state index is 4.57. The molecule has 6 heteroatoms. The lowest BCUT2D eigenvalue weighted by atomic mass is 9.88. The first-order chi connectivity index (χ1) is 21.5. The van der Waals surface area contributed by atoms with Gasteiger partial charge in [0.25, 0.3) is 0 Å². The van der Waals surface area contributed by atoms with Crippen LogP contribution in [0.1, 0.15) is 44.8 Å². The Hall–Kier alpha value is -5.10. The van der Waals surface area contributed by atoms with Gasteiger partial charge in [-0.15, -0.1) is 0 Å². The molecule has 0 fully saturated rings. The average molecular weight is 579 g/mol. The summed E-state index contributed by atoms with van der Waals surface area (Å²) in [6.45, 7) is 12.3. The van der Waals surface area contributed by atoms with Crippen LogP contribution in [0.2, 0.25) is 0 Å². The average Bonchev–Trinajstić information content (AvgIpc) is 3.58. The van der Waals surface area contributed by atoms with Crippen LogP contribution in [0.3, 0.4) is 0 Å². The van der Waals surface area contributed by atoms with Gasteiger partial charge in [-0.2, -0.15) is 0 Å². The first kappa shape index (κ1) is 27.7. The molecule has 0 aliphatic heterocycles. The van der Waals surface area contributed by atoms with Crippen LogP contribution in [0.5, 0.6) is 0 Å². The number of pyridine rings is 2. The van der Waals surface area contributed by atoms with E-state index >= 15 is 0 Å². The van der Waals surface area contributed by atoms with Gasteiger partial charge in [-0.1, -0.05) is 36.4 Å². The van der Waals surface area contributed by atoms with E-state index in [-0.39, 0.29) is 0 Å². The van der Waals surface area contributed by atoms with E-state index in [4.69, 9.17) is 0 Å². The van der Waals surface area contributed by atoms with Crippen LogP contribution in [0, 0.1) is 27.7 Å². The van der Waals surface area contributed by atoms with E-state index in [0.717, 1.165) is 37.6 Å². The Bertz CT molecular complexity index is 1920. The van der Waals surface area contributed by atoms with E-state index in [1.54, 1.807) is 0 Å². The van der Waals surface area contributed by atoms with Crippen molar-refractivity contribution in [3.8, 4) is 0 Å². The van der Waals surface area contributed by atoms with Gasteiger partial charge in [-0.05, 0) is 110 Å². The smallest absolute Gasteiger partial charge is 0.245 e. The molecule has 44 heavy (non-hydrogen) atoms. The quantitative estimate of drug-likeness (QED) is 0.196. The van der Waals surface area contributed by atoms with Gasteiger partial charge >= 0.3 is 0 Å². The van der Waals surface area contributed by atoms with Crippen molar-refractivity contribution in [3.05, 3.63) is 155 Å². The summed E-state index contributed by atoms with van der Waals surface area (Å²) in [6, 6.07) is 29.6. The molecule has 218 valence electrons. The molecule has 0 saturated carbocycles. The molecule has 6 nitrogen and oxygen atoms in total. The molecule has 0 bridgehead atoms. The predicted molar refractivity (Wildman–Crippen MR) is 175 cm³/mol. The molecule has 0 radical (unpaired) electrons. The molecule has 0 aliphatic rings. The molecule has 0 unspecified atom stereocenters. The van der Waals surface area contributed by atoms with E-state index < -0.39 is 0 Å². The van der Waals surface area contributed by atoms with Gasteiger partial charge in [0.1, 0.15) is 26.2 Å². The van der Waals surface area contributed by atoms with E-state index in [0.29, 0.717) is 0 Å². The highest BCUT2D eigenvalue weighted by molar-refractivity contribution is 5.72. The Morgan fingerprint density at radius 3 is 1.27 bits per heavy atom. The van der Waals surface area contributed by atoms with Crippen LogP contribution in [0.4, 0.5) is 0 Å². The first-order valence-corrected chi connectivity index (χ1v) is 15.3. The molecule has 0 amide bonds. The second kappa shape index (κ2) is 11.5. The summed E-state index contributed by atoms with van der Waals surface area (Å²) in [5.41, 5.74) is 15.3. The Balaban J connectivity index is 1.24. The van der Waals surface area contributed by atoms with Crippen molar-refractivity contribution in [2.45, 2.75) is 53.9 Å². The van der Waals surface area contributed by atoms with Crippen LogP contribution in [0.25, 0.3) is 22.1 Å². The lowest BCUT2D eigenvalue weighted by Gasteiger charge is -2.19. The molecular formula is C38H38N6+2. The summed E-state index contributed by atoms with van der Waals surface area (Å²) < 4.78 is 9.42. The van der Waals surface area contributed by atoms with Gasteiger partial charge in [0.05, 0.1) is 11.4 Å². The number of hydrogen-bond acceptors (Lipinski definition) is 2. The van der Waals surface area contributed by atoms with Crippen molar-refractivity contribution in [1.29, 1.82) is 0 Å². The van der Waals surface area contributed by atoms with Crippen molar-refractivity contribution in [3.63, 3.8) is 0 Å². The summed E-state index contributed by atoms with van der Waals surface area (Å²) in [5, 5.41) is 0. The minimum Gasteiger partial charge on any atom is -0.257 e. The van der Waals surface area contributed by atoms with Crippen molar-refractivity contribution >= 4 is 22.1 Å². The first-order valence-electron chi connectivity index (χ1n) is 15.3. The van der Waals surface area contributed by atoms with Crippen LogP contribution in [0.15, 0.2) is 110 Å². The maximum atomic E-state index is 4.57. The molecule has 0 saturated heterocycles. The second-order valence-corrected chi connectivity index (χ2v) is 11.8. The number of fused-ring (bicyclic) bond motifs is 2. The van der Waals surface area contributed by atoms with Gasteiger partial charge < -0.3 is 0 Å². The van der Waals surface area contributed by atoms with Gasteiger partial charge in [0.2, 0.25) is 12.7 Å². The molecule has 7 rings (SSSR count). The number of hydrogen-bond donors (Lipinski definition) is 0. The molecule has 0 spiro atoms. The molecule has 0 atom stereocenters. The SMILES string of the molecule is Cc1c(C)c(C[n+]2cn(Cc3ccccn3)c3ccccc32)c(C)c(C)c1C[n+]1cn(Cc2ccccn2)c2ccccc21. The summed E-state index contributed by atoms with van der Waals surface area (Å²) in [6.07, 6.45) is 8.24. The molecular weight excluding hydrogens is 540 g/mol. The highest BCUT2D eigenvalue weighted by Crippen LogP contribution is 2.28. The Morgan fingerprint density at radius 1 is 0.500 bits per heavy atom. The largest absolute Gasteiger partial charge is 0.257 e. The van der Waals surface area contributed by atoms with Crippen LogP contribution < -0.4 is 9.13 Å².